The Bertz CT molecular complexity index is 958. The molecule has 7 nitrogen and oxygen atoms in total. The average molecular weight is 432 g/mol. The number of aromatic nitrogens is 5. The van der Waals surface area contributed by atoms with Crippen molar-refractivity contribution < 1.29 is 9.53 Å². The summed E-state index contributed by atoms with van der Waals surface area (Å²) >= 11 is 3.16. The van der Waals surface area contributed by atoms with E-state index in [2.05, 4.69) is 44.5 Å². The van der Waals surface area contributed by atoms with Gasteiger partial charge in [0, 0.05) is 35.0 Å². The summed E-state index contributed by atoms with van der Waals surface area (Å²) in [5, 5.41) is 14.7. The highest BCUT2D eigenvalue weighted by atomic mass is 32.2. The smallest absolute Gasteiger partial charge is 0.209 e. The number of thiophene rings is 1. The number of tetrazole rings is 1. The number of thioether (sulfide) groups is 1. The van der Waals surface area contributed by atoms with Crippen molar-refractivity contribution in [1.29, 1.82) is 0 Å². The lowest BCUT2D eigenvalue weighted by atomic mass is 10.2. The van der Waals surface area contributed by atoms with Crippen molar-refractivity contribution in [2.45, 2.75) is 57.5 Å². The topological polar surface area (TPSA) is 74.8 Å². The maximum absolute atomic E-state index is 12.9. The van der Waals surface area contributed by atoms with Crippen LogP contribution in [0.4, 0.5) is 0 Å². The van der Waals surface area contributed by atoms with Gasteiger partial charge in [-0.2, -0.15) is 0 Å². The minimum absolute atomic E-state index is 0.108. The third-order valence-electron chi connectivity index (χ3n) is 5.27. The first-order valence-corrected chi connectivity index (χ1v) is 11.7. The quantitative estimate of drug-likeness (QED) is 0.381. The van der Waals surface area contributed by atoms with E-state index in [0.717, 1.165) is 49.4 Å². The molecule has 1 atom stereocenters. The van der Waals surface area contributed by atoms with Gasteiger partial charge in [-0.15, -0.1) is 16.4 Å². The van der Waals surface area contributed by atoms with E-state index in [9.17, 15) is 4.79 Å². The van der Waals surface area contributed by atoms with Gasteiger partial charge in [-0.1, -0.05) is 17.8 Å². The SMILES string of the molecule is Cc1cc(C(=O)CSc2nnnn2CC2CCCO2)c(C)n1CCc1cccs1. The number of carbonyl (C=O) groups is 1. The molecule has 1 fully saturated rings. The maximum Gasteiger partial charge on any atom is 0.209 e. The van der Waals surface area contributed by atoms with Crippen LogP contribution in [0.3, 0.4) is 0 Å². The number of Topliss-reactive ketones (excluding diaryl/α,β-unsaturated/α-hetero) is 1. The van der Waals surface area contributed by atoms with E-state index in [0.29, 0.717) is 17.5 Å². The average Bonchev–Trinajstić information content (AvgIpc) is 3.49. The zero-order valence-electron chi connectivity index (χ0n) is 16.7. The molecule has 0 bridgehead atoms. The second-order valence-corrected chi connectivity index (χ2v) is 9.23. The molecule has 4 heterocycles. The van der Waals surface area contributed by atoms with Crippen LogP contribution in [-0.2, 0) is 24.2 Å². The number of carbonyl (C=O) groups excluding carboxylic acids is 1. The highest BCUT2D eigenvalue weighted by Crippen LogP contribution is 2.22. The number of hydrogen-bond acceptors (Lipinski definition) is 7. The van der Waals surface area contributed by atoms with Crippen molar-refractivity contribution in [3.63, 3.8) is 0 Å². The van der Waals surface area contributed by atoms with Crippen LogP contribution in [0.1, 0.15) is 39.5 Å². The number of aryl methyl sites for hydroxylation is 2. The second-order valence-electron chi connectivity index (χ2n) is 7.26. The molecule has 1 aliphatic rings. The minimum Gasteiger partial charge on any atom is -0.376 e. The summed E-state index contributed by atoms with van der Waals surface area (Å²) in [7, 11) is 0. The molecule has 0 N–H and O–H groups in total. The third-order valence-corrected chi connectivity index (χ3v) is 7.16. The number of ketones is 1. The fraction of sp³-hybridized carbons (Fsp3) is 0.500. The summed E-state index contributed by atoms with van der Waals surface area (Å²) in [6.45, 7) is 6.42. The van der Waals surface area contributed by atoms with Gasteiger partial charge in [-0.3, -0.25) is 4.79 Å². The molecule has 0 amide bonds. The molecular formula is C20H25N5O2S2. The van der Waals surface area contributed by atoms with Crippen LogP contribution in [0.15, 0.2) is 28.7 Å². The lowest BCUT2D eigenvalue weighted by molar-refractivity contribution is 0.0912. The van der Waals surface area contributed by atoms with E-state index in [1.807, 2.05) is 13.0 Å². The Labute approximate surface area is 178 Å². The molecule has 3 aromatic rings. The first-order valence-electron chi connectivity index (χ1n) is 9.84. The summed E-state index contributed by atoms with van der Waals surface area (Å²) in [5.41, 5.74) is 2.94. The molecule has 9 heteroatoms. The van der Waals surface area contributed by atoms with Crippen molar-refractivity contribution in [3.8, 4) is 0 Å². The fourth-order valence-electron chi connectivity index (χ4n) is 3.71. The van der Waals surface area contributed by atoms with Crippen LogP contribution >= 0.6 is 23.1 Å². The monoisotopic (exact) mass is 431 g/mol. The maximum atomic E-state index is 12.9. The number of rotatable bonds is 9. The fourth-order valence-corrected chi connectivity index (χ4v) is 5.18. The van der Waals surface area contributed by atoms with Crippen molar-refractivity contribution in [2.75, 3.05) is 12.4 Å². The van der Waals surface area contributed by atoms with E-state index in [1.54, 1.807) is 16.0 Å². The molecule has 3 aromatic heterocycles. The van der Waals surface area contributed by atoms with Crippen LogP contribution in [0, 0.1) is 13.8 Å². The highest BCUT2D eigenvalue weighted by molar-refractivity contribution is 7.99. The van der Waals surface area contributed by atoms with Gasteiger partial charge in [0.25, 0.3) is 0 Å². The first kappa shape index (κ1) is 20.3. The van der Waals surface area contributed by atoms with Gasteiger partial charge < -0.3 is 9.30 Å². The molecule has 29 heavy (non-hydrogen) atoms. The second kappa shape index (κ2) is 9.23. The Balaban J connectivity index is 1.38. The number of hydrogen-bond donors (Lipinski definition) is 0. The molecule has 1 unspecified atom stereocenters. The van der Waals surface area contributed by atoms with E-state index >= 15 is 0 Å². The number of nitrogens with zero attached hydrogens (tertiary/aromatic N) is 5. The predicted molar refractivity (Wildman–Crippen MR) is 114 cm³/mol. The van der Waals surface area contributed by atoms with Crippen molar-refractivity contribution in [2.24, 2.45) is 0 Å². The summed E-state index contributed by atoms with van der Waals surface area (Å²) in [6, 6.07) is 6.23. The normalized spacial score (nSPS) is 16.6. The van der Waals surface area contributed by atoms with Gasteiger partial charge in [0.15, 0.2) is 5.78 Å². The minimum atomic E-state index is 0.108. The van der Waals surface area contributed by atoms with Gasteiger partial charge in [0.2, 0.25) is 5.16 Å². The van der Waals surface area contributed by atoms with Gasteiger partial charge >= 0.3 is 0 Å². The van der Waals surface area contributed by atoms with Gasteiger partial charge in [0.05, 0.1) is 18.4 Å². The van der Waals surface area contributed by atoms with Gasteiger partial charge in [-0.05, 0) is 61.0 Å². The van der Waals surface area contributed by atoms with Crippen LogP contribution in [0.2, 0.25) is 0 Å². The van der Waals surface area contributed by atoms with E-state index in [-0.39, 0.29) is 11.9 Å². The molecule has 154 valence electrons. The van der Waals surface area contributed by atoms with Crippen LogP contribution < -0.4 is 0 Å². The third kappa shape index (κ3) is 4.79. The number of ether oxygens (including phenoxy) is 1. The molecule has 0 aromatic carbocycles. The molecule has 4 rings (SSSR count). The molecule has 1 aliphatic heterocycles. The summed E-state index contributed by atoms with van der Waals surface area (Å²) < 4.78 is 9.65. The van der Waals surface area contributed by atoms with E-state index in [4.69, 9.17) is 4.74 Å². The van der Waals surface area contributed by atoms with Crippen LogP contribution in [0.5, 0.6) is 0 Å². The zero-order chi connectivity index (χ0) is 20.2. The van der Waals surface area contributed by atoms with E-state index < -0.39 is 0 Å². The first-order chi connectivity index (χ1) is 14.1. The molecule has 0 aliphatic carbocycles. The largest absolute Gasteiger partial charge is 0.376 e. The molecule has 0 radical (unpaired) electrons. The Kier molecular flexibility index (Phi) is 6.46. The van der Waals surface area contributed by atoms with Crippen molar-refractivity contribution in [3.05, 3.63) is 45.4 Å². The van der Waals surface area contributed by atoms with Gasteiger partial charge in [0.1, 0.15) is 0 Å². The van der Waals surface area contributed by atoms with E-state index in [1.165, 1.54) is 16.6 Å². The lowest BCUT2D eigenvalue weighted by Gasteiger charge is -2.10. The lowest BCUT2D eigenvalue weighted by Crippen LogP contribution is -2.17. The highest BCUT2D eigenvalue weighted by Gasteiger charge is 2.21. The van der Waals surface area contributed by atoms with Crippen molar-refractivity contribution >= 4 is 28.9 Å². The molecular weight excluding hydrogens is 406 g/mol. The van der Waals surface area contributed by atoms with Gasteiger partial charge in [-0.25, -0.2) is 4.68 Å². The Hall–Kier alpha value is -1.97. The summed E-state index contributed by atoms with van der Waals surface area (Å²) in [4.78, 5) is 14.2. The van der Waals surface area contributed by atoms with Crippen molar-refractivity contribution in [1.82, 2.24) is 24.8 Å². The van der Waals surface area contributed by atoms with Crippen LogP contribution in [-0.4, -0.2) is 49.0 Å². The Morgan fingerprint density at radius 2 is 2.31 bits per heavy atom. The molecule has 1 saturated heterocycles. The predicted octanol–water partition coefficient (Wildman–Crippen LogP) is 3.55. The van der Waals surface area contributed by atoms with Crippen LogP contribution in [0.25, 0.3) is 0 Å². The Morgan fingerprint density at radius 3 is 3.07 bits per heavy atom. The summed E-state index contributed by atoms with van der Waals surface area (Å²) in [5.74, 6) is 0.429. The summed E-state index contributed by atoms with van der Waals surface area (Å²) in [6.07, 6.45) is 3.25. The molecule has 0 saturated carbocycles. The zero-order valence-corrected chi connectivity index (χ0v) is 18.3. The Morgan fingerprint density at radius 1 is 1.41 bits per heavy atom. The standard InChI is InChI=1S/C20H25N5O2S2/c1-14-11-18(15(2)24(14)8-7-17-6-4-10-28-17)19(26)13-29-20-21-22-23-25(20)12-16-5-3-9-27-16/h4,6,10-11,16H,3,5,7-9,12-13H2,1-2H3. The molecule has 0 spiro atoms.